The minimum atomic E-state index is -0.0588. The molecule has 2 aromatic heterocycles. The molecule has 1 amide bonds. The van der Waals surface area contributed by atoms with Crippen molar-refractivity contribution in [2.45, 2.75) is 25.3 Å². The monoisotopic (exact) mass is 298 g/mol. The van der Waals surface area contributed by atoms with E-state index in [1.807, 2.05) is 30.3 Å². The summed E-state index contributed by atoms with van der Waals surface area (Å²) in [5.41, 5.74) is 0.825. The Hall–Kier alpha value is -2.62. The molecule has 0 radical (unpaired) electrons. The standard InChI is InChI=1S/C15H18N6O/c1-20(15-12-3-7-17-14(12)18-10-19-15)8-4-11-5-9-21(11)13(22)2-6-16/h3,7,10-11H,2,4-5,8-9H2,1H3,(H,17,18,19). The van der Waals surface area contributed by atoms with Gasteiger partial charge in [-0.1, -0.05) is 0 Å². The number of amides is 1. The van der Waals surface area contributed by atoms with E-state index in [4.69, 9.17) is 5.26 Å². The number of nitrogens with one attached hydrogen (secondary N) is 1. The summed E-state index contributed by atoms with van der Waals surface area (Å²) in [5, 5.41) is 9.61. The summed E-state index contributed by atoms with van der Waals surface area (Å²) in [6, 6.07) is 4.13. The minimum absolute atomic E-state index is 0.0256. The summed E-state index contributed by atoms with van der Waals surface area (Å²) in [4.78, 5) is 27.3. The fourth-order valence-corrected chi connectivity index (χ4v) is 2.85. The Morgan fingerprint density at radius 1 is 1.59 bits per heavy atom. The molecule has 1 saturated heterocycles. The average Bonchev–Trinajstić information content (AvgIpc) is 2.94. The van der Waals surface area contributed by atoms with E-state index in [2.05, 4.69) is 19.9 Å². The van der Waals surface area contributed by atoms with Gasteiger partial charge in [-0.15, -0.1) is 0 Å². The number of aromatic nitrogens is 3. The lowest BCUT2D eigenvalue weighted by Gasteiger charge is -2.41. The molecule has 1 unspecified atom stereocenters. The van der Waals surface area contributed by atoms with Crippen LogP contribution >= 0.6 is 0 Å². The topological polar surface area (TPSA) is 88.9 Å². The molecule has 22 heavy (non-hydrogen) atoms. The molecule has 1 fully saturated rings. The second-order valence-electron chi connectivity index (χ2n) is 5.51. The van der Waals surface area contributed by atoms with Crippen molar-refractivity contribution in [3.63, 3.8) is 0 Å². The maximum absolute atomic E-state index is 11.8. The summed E-state index contributed by atoms with van der Waals surface area (Å²) in [6.45, 7) is 1.57. The van der Waals surface area contributed by atoms with Crippen LogP contribution in [0.15, 0.2) is 18.6 Å². The van der Waals surface area contributed by atoms with Crippen LogP contribution in [-0.2, 0) is 4.79 Å². The molecular formula is C15H18N6O. The first-order chi connectivity index (χ1) is 10.7. The van der Waals surface area contributed by atoms with E-state index in [1.165, 1.54) is 0 Å². The Morgan fingerprint density at radius 2 is 2.45 bits per heavy atom. The van der Waals surface area contributed by atoms with Crippen molar-refractivity contribution in [1.82, 2.24) is 19.9 Å². The highest BCUT2D eigenvalue weighted by Crippen LogP contribution is 2.24. The van der Waals surface area contributed by atoms with E-state index in [-0.39, 0.29) is 18.4 Å². The van der Waals surface area contributed by atoms with Crippen LogP contribution in [0.25, 0.3) is 11.0 Å². The van der Waals surface area contributed by atoms with Crippen molar-refractivity contribution in [2.24, 2.45) is 0 Å². The average molecular weight is 298 g/mol. The molecule has 0 bridgehead atoms. The lowest BCUT2D eigenvalue weighted by molar-refractivity contribution is -0.137. The third-order valence-electron chi connectivity index (χ3n) is 4.19. The van der Waals surface area contributed by atoms with E-state index >= 15 is 0 Å². The molecule has 1 N–H and O–H groups in total. The predicted molar refractivity (Wildman–Crippen MR) is 82.1 cm³/mol. The van der Waals surface area contributed by atoms with Gasteiger partial charge in [-0.2, -0.15) is 5.26 Å². The van der Waals surface area contributed by atoms with Crippen molar-refractivity contribution < 1.29 is 4.79 Å². The second kappa shape index (κ2) is 6.02. The van der Waals surface area contributed by atoms with E-state index < -0.39 is 0 Å². The van der Waals surface area contributed by atoms with Gasteiger partial charge in [0.15, 0.2) is 0 Å². The molecule has 0 spiro atoms. The van der Waals surface area contributed by atoms with Gasteiger partial charge >= 0.3 is 0 Å². The molecule has 7 heteroatoms. The smallest absolute Gasteiger partial charge is 0.237 e. The molecule has 1 aliphatic rings. The van der Waals surface area contributed by atoms with Crippen LogP contribution in [-0.4, -0.2) is 51.9 Å². The maximum atomic E-state index is 11.8. The van der Waals surface area contributed by atoms with Gasteiger partial charge in [-0.3, -0.25) is 4.79 Å². The molecule has 1 aliphatic heterocycles. The lowest BCUT2D eigenvalue weighted by atomic mass is 9.99. The van der Waals surface area contributed by atoms with Crippen LogP contribution in [0.4, 0.5) is 5.82 Å². The normalized spacial score (nSPS) is 17.1. The zero-order valence-corrected chi connectivity index (χ0v) is 12.5. The number of anilines is 1. The van der Waals surface area contributed by atoms with Gasteiger partial charge < -0.3 is 14.8 Å². The predicted octanol–water partition coefficient (Wildman–Crippen LogP) is 1.30. The van der Waals surface area contributed by atoms with Gasteiger partial charge in [0.25, 0.3) is 0 Å². The van der Waals surface area contributed by atoms with Crippen molar-refractivity contribution in [3.8, 4) is 6.07 Å². The molecule has 3 heterocycles. The van der Waals surface area contributed by atoms with Crippen molar-refractivity contribution >= 4 is 22.8 Å². The highest BCUT2D eigenvalue weighted by atomic mass is 16.2. The largest absolute Gasteiger partial charge is 0.359 e. The Morgan fingerprint density at radius 3 is 3.18 bits per heavy atom. The third-order valence-corrected chi connectivity index (χ3v) is 4.19. The number of carbonyl (C=O) groups excluding carboxylic acids is 1. The molecule has 2 aromatic rings. The molecule has 1 atom stereocenters. The lowest BCUT2D eigenvalue weighted by Crippen LogP contribution is -2.52. The van der Waals surface area contributed by atoms with Gasteiger partial charge in [-0.25, -0.2) is 9.97 Å². The van der Waals surface area contributed by atoms with Gasteiger partial charge in [-0.05, 0) is 18.9 Å². The highest BCUT2D eigenvalue weighted by molar-refractivity contribution is 5.87. The van der Waals surface area contributed by atoms with Crippen LogP contribution in [0.2, 0.25) is 0 Å². The number of carbonyl (C=O) groups is 1. The molecule has 0 aliphatic carbocycles. The molecule has 0 saturated carbocycles. The number of nitriles is 1. The Kier molecular flexibility index (Phi) is 3.92. The molecular weight excluding hydrogens is 280 g/mol. The first-order valence-corrected chi connectivity index (χ1v) is 7.36. The first-order valence-electron chi connectivity index (χ1n) is 7.36. The minimum Gasteiger partial charge on any atom is -0.359 e. The molecule has 0 aromatic carbocycles. The zero-order chi connectivity index (χ0) is 15.5. The summed E-state index contributed by atoms with van der Waals surface area (Å²) < 4.78 is 0. The number of hydrogen-bond acceptors (Lipinski definition) is 5. The van der Waals surface area contributed by atoms with Crippen LogP contribution in [0.5, 0.6) is 0 Å². The van der Waals surface area contributed by atoms with Gasteiger partial charge in [0, 0.05) is 32.4 Å². The Labute approximate surface area is 128 Å². The fourth-order valence-electron chi connectivity index (χ4n) is 2.85. The summed E-state index contributed by atoms with van der Waals surface area (Å²) in [6.07, 6.45) is 5.27. The van der Waals surface area contributed by atoms with Crippen molar-refractivity contribution in [3.05, 3.63) is 18.6 Å². The van der Waals surface area contributed by atoms with Crippen LogP contribution in [0.1, 0.15) is 19.3 Å². The quantitative estimate of drug-likeness (QED) is 0.898. The van der Waals surface area contributed by atoms with E-state index in [0.717, 1.165) is 42.8 Å². The number of aromatic amines is 1. The number of fused-ring (bicyclic) bond motifs is 1. The van der Waals surface area contributed by atoms with Gasteiger partial charge in [0.05, 0.1) is 11.5 Å². The van der Waals surface area contributed by atoms with E-state index in [9.17, 15) is 4.79 Å². The summed E-state index contributed by atoms with van der Waals surface area (Å²) in [7, 11) is 1.99. The highest BCUT2D eigenvalue weighted by Gasteiger charge is 2.31. The van der Waals surface area contributed by atoms with Crippen LogP contribution in [0.3, 0.4) is 0 Å². The Balaban J connectivity index is 1.61. The summed E-state index contributed by atoms with van der Waals surface area (Å²) >= 11 is 0. The number of likely N-dealkylation sites (tertiary alicyclic amines) is 1. The molecule has 114 valence electrons. The molecule has 7 nitrogen and oxygen atoms in total. The zero-order valence-electron chi connectivity index (χ0n) is 12.5. The number of H-pyrrole nitrogens is 1. The second-order valence-corrected chi connectivity index (χ2v) is 5.51. The van der Waals surface area contributed by atoms with Crippen LogP contribution < -0.4 is 4.90 Å². The number of nitrogens with zero attached hydrogens (tertiary/aromatic N) is 5. The fraction of sp³-hybridized carbons (Fsp3) is 0.467. The number of rotatable bonds is 5. The molecule has 3 rings (SSSR count). The SMILES string of the molecule is CN(CCC1CCN1C(=O)CC#N)c1ncnc2[nH]ccc12. The number of hydrogen-bond donors (Lipinski definition) is 1. The van der Waals surface area contributed by atoms with Crippen molar-refractivity contribution in [1.29, 1.82) is 5.26 Å². The maximum Gasteiger partial charge on any atom is 0.237 e. The van der Waals surface area contributed by atoms with E-state index in [0.29, 0.717) is 0 Å². The van der Waals surface area contributed by atoms with Gasteiger partial charge in [0.2, 0.25) is 5.91 Å². The third kappa shape index (κ3) is 2.60. The van der Waals surface area contributed by atoms with E-state index in [1.54, 1.807) is 6.33 Å². The Bertz CT molecular complexity index is 718. The summed E-state index contributed by atoms with van der Waals surface area (Å²) in [5.74, 6) is 0.830. The van der Waals surface area contributed by atoms with Crippen LogP contribution in [0, 0.1) is 11.3 Å². The first kappa shape index (κ1) is 14.3. The van der Waals surface area contributed by atoms with Crippen molar-refractivity contribution in [2.75, 3.05) is 25.0 Å². The van der Waals surface area contributed by atoms with Gasteiger partial charge in [0.1, 0.15) is 24.2 Å².